The molecule has 0 aliphatic rings. The topological polar surface area (TPSA) is 89.5 Å². The van der Waals surface area contributed by atoms with Crippen LogP contribution in [0.15, 0.2) is 60.2 Å². The Kier molecular flexibility index (Phi) is 6.48. The maximum atomic E-state index is 12.3. The zero-order valence-electron chi connectivity index (χ0n) is 16.6. The average Bonchev–Trinajstić information content (AvgIpc) is 3.20. The third-order valence-corrected chi connectivity index (χ3v) is 4.73. The van der Waals surface area contributed by atoms with Gasteiger partial charge in [-0.3, -0.25) is 10.2 Å². The average molecular weight is 412 g/mol. The number of hydrogen-bond donors (Lipinski definition) is 4. The van der Waals surface area contributed by atoms with Gasteiger partial charge in [-0.25, -0.2) is 10.2 Å². The molecule has 1 aromatic heterocycles. The number of nitrogens with one attached hydrogen (secondary N) is 3. The van der Waals surface area contributed by atoms with Gasteiger partial charge in [-0.2, -0.15) is 5.17 Å². The molecule has 3 rings (SSSR count). The SMILES string of the molecule is CC(C)(C)NN(O)c1cc(NC(=O)NCc2ccccc2)ccc1-c1cncs1. The zero-order valence-corrected chi connectivity index (χ0v) is 17.5. The molecule has 0 fully saturated rings. The van der Waals surface area contributed by atoms with Crippen LogP contribution in [0.1, 0.15) is 26.3 Å². The van der Waals surface area contributed by atoms with Crippen molar-refractivity contribution >= 4 is 28.7 Å². The van der Waals surface area contributed by atoms with Gasteiger partial charge < -0.3 is 10.6 Å². The molecule has 0 saturated carbocycles. The smallest absolute Gasteiger partial charge is 0.319 e. The third kappa shape index (κ3) is 6.02. The van der Waals surface area contributed by atoms with Gasteiger partial charge in [0.25, 0.3) is 0 Å². The summed E-state index contributed by atoms with van der Waals surface area (Å²) in [5.74, 6) is 0. The predicted molar refractivity (Wildman–Crippen MR) is 117 cm³/mol. The molecule has 0 atom stereocenters. The van der Waals surface area contributed by atoms with E-state index < -0.39 is 0 Å². The van der Waals surface area contributed by atoms with Gasteiger partial charge in [0.1, 0.15) is 0 Å². The molecule has 2 aromatic carbocycles. The van der Waals surface area contributed by atoms with Gasteiger partial charge in [-0.15, -0.1) is 11.3 Å². The van der Waals surface area contributed by atoms with Crippen LogP contribution in [0.3, 0.4) is 0 Å². The largest absolute Gasteiger partial charge is 0.334 e. The predicted octanol–water partition coefficient (Wildman–Crippen LogP) is 4.63. The first kappa shape index (κ1) is 20.8. The van der Waals surface area contributed by atoms with Gasteiger partial charge in [-0.05, 0) is 44.5 Å². The van der Waals surface area contributed by atoms with Crippen molar-refractivity contribution in [2.75, 3.05) is 10.5 Å². The van der Waals surface area contributed by atoms with Crippen molar-refractivity contribution in [1.82, 2.24) is 15.7 Å². The second-order valence-electron chi connectivity index (χ2n) is 7.56. The van der Waals surface area contributed by atoms with Crippen LogP contribution < -0.4 is 21.2 Å². The van der Waals surface area contributed by atoms with E-state index in [1.165, 1.54) is 11.3 Å². The summed E-state index contributed by atoms with van der Waals surface area (Å²) < 4.78 is 0. The van der Waals surface area contributed by atoms with Crippen LogP contribution >= 0.6 is 11.3 Å². The molecule has 0 spiro atoms. The van der Waals surface area contributed by atoms with Crippen molar-refractivity contribution in [3.8, 4) is 10.4 Å². The lowest BCUT2D eigenvalue weighted by atomic mass is 10.1. The van der Waals surface area contributed by atoms with Crippen molar-refractivity contribution in [1.29, 1.82) is 0 Å². The maximum Gasteiger partial charge on any atom is 0.319 e. The Balaban J connectivity index is 1.77. The van der Waals surface area contributed by atoms with E-state index >= 15 is 0 Å². The van der Waals surface area contributed by atoms with Gasteiger partial charge in [0.15, 0.2) is 0 Å². The van der Waals surface area contributed by atoms with Crippen LogP contribution in [0.4, 0.5) is 16.2 Å². The van der Waals surface area contributed by atoms with Crippen LogP contribution in [0.2, 0.25) is 0 Å². The Labute approximate surface area is 174 Å². The van der Waals surface area contributed by atoms with E-state index in [0.717, 1.165) is 21.2 Å². The van der Waals surface area contributed by atoms with Crippen molar-refractivity contribution in [2.24, 2.45) is 0 Å². The molecule has 0 radical (unpaired) electrons. The normalized spacial score (nSPS) is 11.2. The summed E-state index contributed by atoms with van der Waals surface area (Å²) >= 11 is 1.47. The molecule has 8 heteroatoms. The molecular weight excluding hydrogens is 386 g/mol. The number of benzene rings is 2. The molecule has 0 bridgehead atoms. The van der Waals surface area contributed by atoms with E-state index in [1.807, 2.05) is 57.2 Å². The Bertz CT molecular complexity index is 939. The summed E-state index contributed by atoms with van der Waals surface area (Å²) in [4.78, 5) is 17.3. The highest BCUT2D eigenvalue weighted by atomic mass is 32.1. The van der Waals surface area contributed by atoms with E-state index in [2.05, 4.69) is 21.0 Å². The minimum atomic E-state index is -0.351. The van der Waals surface area contributed by atoms with Crippen LogP contribution in [0, 0.1) is 0 Å². The zero-order chi connectivity index (χ0) is 20.9. The molecule has 0 aliphatic heterocycles. The van der Waals surface area contributed by atoms with E-state index in [-0.39, 0.29) is 11.6 Å². The number of rotatable bonds is 6. The fourth-order valence-electron chi connectivity index (χ4n) is 2.67. The molecule has 7 nitrogen and oxygen atoms in total. The van der Waals surface area contributed by atoms with Crippen molar-refractivity contribution < 1.29 is 10.0 Å². The third-order valence-electron chi connectivity index (χ3n) is 3.92. The van der Waals surface area contributed by atoms with Gasteiger partial charge in [0, 0.05) is 29.5 Å². The standard InChI is InChI=1S/C21H25N5O2S/c1-21(2,3)25-26(28)18-11-16(9-10-17(18)19-13-22-14-29-19)24-20(27)23-12-15-7-5-4-6-8-15/h4-11,13-14,25,28H,12H2,1-3H3,(H2,23,24,27). The Morgan fingerprint density at radius 1 is 1.17 bits per heavy atom. The van der Waals surface area contributed by atoms with Crippen molar-refractivity contribution in [2.45, 2.75) is 32.9 Å². The van der Waals surface area contributed by atoms with E-state index in [9.17, 15) is 10.0 Å². The number of nitrogens with zero attached hydrogens (tertiary/aromatic N) is 2. The molecule has 0 aliphatic carbocycles. The first-order valence-corrected chi connectivity index (χ1v) is 10.1. The second-order valence-corrected chi connectivity index (χ2v) is 8.45. The highest BCUT2D eigenvalue weighted by Crippen LogP contribution is 2.34. The maximum absolute atomic E-state index is 12.3. The van der Waals surface area contributed by atoms with Gasteiger partial charge in [0.2, 0.25) is 0 Å². The first-order valence-electron chi connectivity index (χ1n) is 9.20. The number of thiazole rings is 1. The monoisotopic (exact) mass is 411 g/mol. The summed E-state index contributed by atoms with van der Waals surface area (Å²) in [7, 11) is 0. The fourth-order valence-corrected chi connectivity index (χ4v) is 3.33. The molecule has 29 heavy (non-hydrogen) atoms. The first-order chi connectivity index (χ1) is 13.8. The number of aromatic nitrogens is 1. The molecule has 0 saturated heterocycles. The van der Waals surface area contributed by atoms with Crippen molar-refractivity contribution in [3.05, 3.63) is 65.8 Å². The lowest BCUT2D eigenvalue weighted by Crippen LogP contribution is -2.47. The number of urea groups is 1. The number of hydrogen-bond acceptors (Lipinski definition) is 6. The quantitative estimate of drug-likeness (QED) is 0.444. The lowest BCUT2D eigenvalue weighted by Gasteiger charge is -2.29. The van der Waals surface area contributed by atoms with E-state index in [0.29, 0.717) is 17.9 Å². The fraction of sp³-hybridized carbons (Fsp3) is 0.238. The molecule has 4 N–H and O–H groups in total. The minimum Gasteiger partial charge on any atom is -0.334 e. The Hall–Kier alpha value is -2.94. The number of amides is 2. The summed E-state index contributed by atoms with van der Waals surface area (Å²) in [6.45, 7) is 6.27. The number of carbonyl (C=O) groups excluding carboxylic acids is 1. The highest BCUT2D eigenvalue weighted by molar-refractivity contribution is 7.13. The Morgan fingerprint density at radius 2 is 1.93 bits per heavy atom. The lowest BCUT2D eigenvalue weighted by molar-refractivity contribution is 0.173. The van der Waals surface area contributed by atoms with Gasteiger partial charge in [0.05, 0.1) is 16.1 Å². The van der Waals surface area contributed by atoms with E-state index in [1.54, 1.807) is 23.8 Å². The molecule has 2 amide bonds. The number of hydrazine groups is 1. The van der Waals surface area contributed by atoms with Crippen LogP contribution in [-0.2, 0) is 6.54 Å². The highest BCUT2D eigenvalue weighted by Gasteiger charge is 2.19. The minimum absolute atomic E-state index is 0.321. The van der Waals surface area contributed by atoms with Crippen LogP contribution in [-0.4, -0.2) is 21.8 Å². The summed E-state index contributed by atoms with van der Waals surface area (Å²) in [5, 5.41) is 17.3. The summed E-state index contributed by atoms with van der Waals surface area (Å²) in [5.41, 5.74) is 7.30. The van der Waals surface area contributed by atoms with E-state index in [4.69, 9.17) is 0 Å². The number of carbonyl (C=O) groups is 1. The van der Waals surface area contributed by atoms with Gasteiger partial charge >= 0.3 is 6.03 Å². The van der Waals surface area contributed by atoms with Gasteiger partial charge in [-0.1, -0.05) is 30.3 Å². The number of anilines is 2. The van der Waals surface area contributed by atoms with Crippen LogP contribution in [0.5, 0.6) is 0 Å². The van der Waals surface area contributed by atoms with Crippen molar-refractivity contribution in [3.63, 3.8) is 0 Å². The second kappa shape index (κ2) is 9.04. The molecule has 152 valence electrons. The molecular formula is C21H25N5O2S. The molecule has 0 unspecified atom stereocenters. The summed E-state index contributed by atoms with van der Waals surface area (Å²) in [6.07, 6.45) is 1.74. The molecule has 1 heterocycles. The Morgan fingerprint density at radius 3 is 2.59 bits per heavy atom. The summed E-state index contributed by atoms with van der Waals surface area (Å²) in [6, 6.07) is 14.7. The molecule has 3 aromatic rings. The van der Waals surface area contributed by atoms with Crippen LogP contribution in [0.25, 0.3) is 10.4 Å².